The number of nitrogens with one attached hydrogen (secondary N) is 1. The summed E-state index contributed by atoms with van der Waals surface area (Å²) in [6, 6.07) is 16.9. The summed E-state index contributed by atoms with van der Waals surface area (Å²) in [5.41, 5.74) is 3.10. The quantitative estimate of drug-likeness (QED) is 0.624. The minimum absolute atomic E-state index is 0.310. The van der Waals surface area contributed by atoms with E-state index in [1.807, 2.05) is 66.4 Å². The molecule has 0 spiro atoms. The van der Waals surface area contributed by atoms with Crippen molar-refractivity contribution in [1.29, 1.82) is 0 Å². The third-order valence-electron chi connectivity index (χ3n) is 4.44. The predicted molar refractivity (Wildman–Crippen MR) is 110 cm³/mol. The fourth-order valence-electron chi connectivity index (χ4n) is 3.15. The highest BCUT2D eigenvalue weighted by Crippen LogP contribution is 2.34. The molecule has 0 radical (unpaired) electrons. The molecule has 27 heavy (non-hydrogen) atoms. The normalized spacial score (nSPS) is 16.8. The highest BCUT2D eigenvalue weighted by atomic mass is 32.1. The molecule has 0 bridgehead atoms. The van der Waals surface area contributed by atoms with Crippen LogP contribution in [0.25, 0.3) is 0 Å². The number of hydrogen-bond acceptors (Lipinski definition) is 4. The SMILES string of the molecule is CCOC(=O)C1=C(C)N(c2ccc(OC)cc2)C(=S)N[C@@H]1c1ccccc1. The number of rotatable bonds is 5. The summed E-state index contributed by atoms with van der Waals surface area (Å²) in [6.07, 6.45) is 0. The number of nitrogens with zero attached hydrogens (tertiary/aromatic N) is 1. The number of hydrogen-bond donors (Lipinski definition) is 1. The van der Waals surface area contributed by atoms with Crippen molar-refractivity contribution in [3.8, 4) is 5.75 Å². The first kappa shape index (κ1) is 18.9. The van der Waals surface area contributed by atoms with E-state index in [-0.39, 0.29) is 12.0 Å². The van der Waals surface area contributed by atoms with Gasteiger partial charge in [0.1, 0.15) is 5.75 Å². The Morgan fingerprint density at radius 2 is 1.81 bits per heavy atom. The standard InChI is InChI=1S/C21H22N2O3S/c1-4-26-20(24)18-14(2)23(16-10-12-17(25-3)13-11-16)21(27)22-19(18)15-8-6-5-7-9-15/h5-13,19H,4H2,1-3H3,(H,22,27)/t19-/m1/s1. The number of allylic oxidation sites excluding steroid dienone is 1. The molecule has 6 heteroatoms. The molecule has 0 aliphatic carbocycles. The van der Waals surface area contributed by atoms with Crippen LogP contribution in [-0.4, -0.2) is 24.8 Å². The van der Waals surface area contributed by atoms with Crippen LogP contribution in [-0.2, 0) is 9.53 Å². The van der Waals surface area contributed by atoms with Crippen LogP contribution in [0, 0.1) is 0 Å². The molecule has 1 atom stereocenters. The van der Waals surface area contributed by atoms with E-state index in [4.69, 9.17) is 21.7 Å². The molecule has 0 aromatic heterocycles. The molecule has 1 N–H and O–H groups in total. The van der Waals surface area contributed by atoms with Gasteiger partial charge in [0, 0.05) is 11.4 Å². The second kappa shape index (κ2) is 8.22. The van der Waals surface area contributed by atoms with Gasteiger partial charge < -0.3 is 14.8 Å². The van der Waals surface area contributed by atoms with Crippen molar-refractivity contribution < 1.29 is 14.3 Å². The Morgan fingerprint density at radius 3 is 2.41 bits per heavy atom. The molecular formula is C21H22N2O3S. The zero-order valence-corrected chi connectivity index (χ0v) is 16.4. The number of anilines is 1. The molecule has 1 aliphatic rings. The molecule has 2 aromatic rings. The summed E-state index contributed by atoms with van der Waals surface area (Å²) < 4.78 is 10.6. The lowest BCUT2D eigenvalue weighted by Gasteiger charge is -2.37. The van der Waals surface area contributed by atoms with Gasteiger partial charge in [0.25, 0.3) is 0 Å². The third kappa shape index (κ3) is 3.80. The zero-order valence-electron chi connectivity index (χ0n) is 15.6. The van der Waals surface area contributed by atoms with Crippen LogP contribution in [0.1, 0.15) is 25.5 Å². The summed E-state index contributed by atoms with van der Waals surface area (Å²) in [5, 5.41) is 3.82. The van der Waals surface area contributed by atoms with E-state index >= 15 is 0 Å². The lowest BCUT2D eigenvalue weighted by molar-refractivity contribution is -0.139. The number of carbonyl (C=O) groups is 1. The van der Waals surface area contributed by atoms with Gasteiger partial charge in [0.05, 0.1) is 25.3 Å². The molecule has 0 unspecified atom stereocenters. The second-order valence-electron chi connectivity index (χ2n) is 6.05. The van der Waals surface area contributed by atoms with Gasteiger partial charge in [-0.1, -0.05) is 30.3 Å². The Bertz CT molecular complexity index is 863. The third-order valence-corrected chi connectivity index (χ3v) is 4.74. The zero-order chi connectivity index (χ0) is 19.4. The predicted octanol–water partition coefficient (Wildman–Crippen LogP) is 3.97. The van der Waals surface area contributed by atoms with E-state index in [1.165, 1.54) is 0 Å². The van der Waals surface area contributed by atoms with Gasteiger partial charge in [-0.2, -0.15) is 0 Å². The molecule has 0 amide bonds. The van der Waals surface area contributed by atoms with Crippen molar-refractivity contribution in [2.24, 2.45) is 0 Å². The lowest BCUT2D eigenvalue weighted by Crippen LogP contribution is -2.48. The highest BCUT2D eigenvalue weighted by Gasteiger charge is 2.35. The number of benzene rings is 2. The van der Waals surface area contributed by atoms with E-state index in [0.717, 1.165) is 22.7 Å². The van der Waals surface area contributed by atoms with Gasteiger partial charge >= 0.3 is 5.97 Å². The first-order chi connectivity index (χ1) is 13.1. The van der Waals surface area contributed by atoms with Gasteiger partial charge in [0.2, 0.25) is 0 Å². The van der Waals surface area contributed by atoms with Crippen molar-refractivity contribution >= 4 is 29.0 Å². The molecule has 3 rings (SSSR count). The van der Waals surface area contributed by atoms with Gasteiger partial charge in [-0.25, -0.2) is 4.79 Å². The summed E-state index contributed by atoms with van der Waals surface area (Å²) >= 11 is 5.63. The van der Waals surface area contributed by atoms with E-state index in [9.17, 15) is 4.79 Å². The minimum atomic E-state index is -0.354. The van der Waals surface area contributed by atoms with Crippen LogP contribution < -0.4 is 15.0 Å². The summed E-state index contributed by atoms with van der Waals surface area (Å²) in [4.78, 5) is 14.6. The number of esters is 1. The number of methoxy groups -OCH3 is 1. The van der Waals surface area contributed by atoms with Crippen LogP contribution >= 0.6 is 12.2 Å². The van der Waals surface area contributed by atoms with Gasteiger partial charge in [-0.05, 0) is 55.9 Å². The van der Waals surface area contributed by atoms with E-state index in [1.54, 1.807) is 14.0 Å². The monoisotopic (exact) mass is 382 g/mol. The first-order valence-corrected chi connectivity index (χ1v) is 9.15. The van der Waals surface area contributed by atoms with Crippen molar-refractivity contribution in [3.63, 3.8) is 0 Å². The average Bonchev–Trinajstić information content (AvgIpc) is 2.69. The lowest BCUT2D eigenvalue weighted by atomic mass is 9.95. The summed E-state index contributed by atoms with van der Waals surface area (Å²) in [6.45, 7) is 4.00. The molecule has 2 aromatic carbocycles. The molecule has 0 saturated carbocycles. The molecular weight excluding hydrogens is 360 g/mol. The van der Waals surface area contributed by atoms with Crippen LogP contribution in [0.4, 0.5) is 5.69 Å². The van der Waals surface area contributed by atoms with Crippen molar-refractivity contribution in [2.75, 3.05) is 18.6 Å². The molecule has 0 saturated heterocycles. The number of carbonyl (C=O) groups excluding carboxylic acids is 1. The van der Waals surface area contributed by atoms with E-state index < -0.39 is 0 Å². The van der Waals surface area contributed by atoms with E-state index in [2.05, 4.69) is 5.32 Å². The number of thiocarbonyl (C=S) groups is 1. The Kier molecular flexibility index (Phi) is 5.76. The molecule has 1 heterocycles. The molecule has 5 nitrogen and oxygen atoms in total. The Hall–Kier alpha value is -2.86. The minimum Gasteiger partial charge on any atom is -0.497 e. The number of ether oxygens (including phenoxy) is 2. The average molecular weight is 382 g/mol. The highest BCUT2D eigenvalue weighted by molar-refractivity contribution is 7.80. The van der Waals surface area contributed by atoms with Crippen molar-refractivity contribution in [3.05, 3.63) is 71.4 Å². The Balaban J connectivity index is 2.09. The Labute approximate surface area is 164 Å². The second-order valence-corrected chi connectivity index (χ2v) is 6.43. The maximum absolute atomic E-state index is 12.8. The molecule has 0 fully saturated rings. The van der Waals surface area contributed by atoms with Crippen LogP contribution in [0.2, 0.25) is 0 Å². The first-order valence-electron chi connectivity index (χ1n) is 8.74. The van der Waals surface area contributed by atoms with Crippen molar-refractivity contribution in [2.45, 2.75) is 19.9 Å². The van der Waals surface area contributed by atoms with Crippen molar-refractivity contribution in [1.82, 2.24) is 5.32 Å². The topological polar surface area (TPSA) is 50.8 Å². The fourth-order valence-corrected chi connectivity index (χ4v) is 3.51. The van der Waals surface area contributed by atoms with Gasteiger partial charge in [-0.3, -0.25) is 4.90 Å². The fraction of sp³-hybridized carbons (Fsp3) is 0.238. The maximum atomic E-state index is 12.8. The smallest absolute Gasteiger partial charge is 0.338 e. The van der Waals surface area contributed by atoms with Crippen LogP contribution in [0.3, 0.4) is 0 Å². The largest absolute Gasteiger partial charge is 0.497 e. The van der Waals surface area contributed by atoms with Gasteiger partial charge in [0.15, 0.2) is 5.11 Å². The van der Waals surface area contributed by atoms with Gasteiger partial charge in [-0.15, -0.1) is 0 Å². The maximum Gasteiger partial charge on any atom is 0.338 e. The van der Waals surface area contributed by atoms with Crippen LogP contribution in [0.5, 0.6) is 5.75 Å². The summed E-state index contributed by atoms with van der Waals surface area (Å²) in [5.74, 6) is 0.404. The molecule has 1 aliphatic heterocycles. The van der Waals surface area contributed by atoms with Crippen LogP contribution in [0.15, 0.2) is 65.9 Å². The van der Waals surface area contributed by atoms with E-state index in [0.29, 0.717) is 17.3 Å². The Morgan fingerprint density at radius 1 is 1.15 bits per heavy atom. The molecule has 140 valence electrons. The summed E-state index contributed by atoms with van der Waals surface area (Å²) in [7, 11) is 1.62.